The molecule has 2 rings (SSSR count). The van der Waals surface area contributed by atoms with E-state index in [1.54, 1.807) is 0 Å². The van der Waals surface area contributed by atoms with E-state index in [4.69, 9.17) is 17.3 Å². The van der Waals surface area contributed by atoms with E-state index in [2.05, 4.69) is 12.0 Å². The Labute approximate surface area is 108 Å². The van der Waals surface area contributed by atoms with Crippen LogP contribution in [-0.4, -0.2) is 15.8 Å². The highest BCUT2D eigenvalue weighted by molar-refractivity contribution is 6.31. The van der Waals surface area contributed by atoms with E-state index in [1.807, 2.05) is 11.6 Å². The molecular weight excluding hydrogens is 234 g/mol. The minimum absolute atomic E-state index is 0.381. The Hall–Kier alpha value is -0.540. The maximum Gasteiger partial charge on any atom is 0.0847 e. The van der Waals surface area contributed by atoms with Crippen molar-refractivity contribution in [3.8, 4) is 0 Å². The highest BCUT2D eigenvalue weighted by Crippen LogP contribution is 2.30. The maximum atomic E-state index is 6.33. The molecule has 0 spiro atoms. The average Bonchev–Trinajstić information content (AvgIpc) is 2.57. The molecule has 1 heterocycles. The van der Waals surface area contributed by atoms with Crippen LogP contribution in [0, 0.1) is 12.8 Å². The van der Waals surface area contributed by atoms with Gasteiger partial charge in [-0.2, -0.15) is 5.10 Å². The van der Waals surface area contributed by atoms with E-state index in [0.717, 1.165) is 30.1 Å². The van der Waals surface area contributed by atoms with Crippen LogP contribution in [0.4, 0.5) is 0 Å². The molecule has 1 fully saturated rings. The summed E-state index contributed by atoms with van der Waals surface area (Å²) >= 11 is 6.33. The standard InChI is InChI=1S/C13H22ClN3/c1-3-17-12(13(14)9(2)16-17)8-10-5-4-6-11(15)7-10/h10-11H,3-8,15H2,1-2H3. The fourth-order valence-corrected chi connectivity index (χ4v) is 3.07. The van der Waals surface area contributed by atoms with Gasteiger partial charge in [0.15, 0.2) is 0 Å². The number of hydrogen-bond donors (Lipinski definition) is 1. The number of nitrogens with zero attached hydrogens (tertiary/aromatic N) is 2. The molecule has 4 heteroatoms. The quantitative estimate of drug-likeness (QED) is 0.903. The molecule has 0 bridgehead atoms. The summed E-state index contributed by atoms with van der Waals surface area (Å²) in [5.41, 5.74) is 8.18. The van der Waals surface area contributed by atoms with Gasteiger partial charge in [0.1, 0.15) is 0 Å². The van der Waals surface area contributed by atoms with E-state index in [9.17, 15) is 0 Å². The molecule has 0 amide bonds. The van der Waals surface area contributed by atoms with E-state index in [1.165, 1.54) is 25.0 Å². The first-order chi connectivity index (χ1) is 8.11. The number of aromatic nitrogens is 2. The van der Waals surface area contributed by atoms with Crippen molar-refractivity contribution in [2.45, 2.75) is 58.5 Å². The van der Waals surface area contributed by atoms with Gasteiger partial charge in [-0.25, -0.2) is 0 Å². The largest absolute Gasteiger partial charge is 0.328 e. The molecule has 0 radical (unpaired) electrons. The molecular formula is C13H22ClN3. The first-order valence-corrected chi connectivity index (χ1v) is 6.97. The zero-order chi connectivity index (χ0) is 12.4. The predicted molar refractivity (Wildman–Crippen MR) is 71.3 cm³/mol. The van der Waals surface area contributed by atoms with Crippen LogP contribution in [0.2, 0.25) is 5.02 Å². The monoisotopic (exact) mass is 255 g/mol. The maximum absolute atomic E-state index is 6.33. The Morgan fingerprint density at radius 2 is 2.24 bits per heavy atom. The lowest BCUT2D eigenvalue weighted by molar-refractivity contribution is 0.315. The SMILES string of the molecule is CCn1nc(C)c(Cl)c1CC1CCCC(N)C1. The van der Waals surface area contributed by atoms with Crippen molar-refractivity contribution < 1.29 is 0 Å². The molecule has 3 nitrogen and oxygen atoms in total. The second-order valence-corrected chi connectivity index (χ2v) is 5.54. The van der Waals surface area contributed by atoms with E-state index in [0.29, 0.717) is 12.0 Å². The third-order valence-corrected chi connectivity index (χ3v) is 4.25. The zero-order valence-electron chi connectivity index (χ0n) is 10.7. The fourth-order valence-electron chi connectivity index (χ4n) is 2.86. The first-order valence-electron chi connectivity index (χ1n) is 6.59. The van der Waals surface area contributed by atoms with E-state index >= 15 is 0 Å². The van der Waals surface area contributed by atoms with Crippen LogP contribution in [0.15, 0.2) is 0 Å². The van der Waals surface area contributed by atoms with Crippen molar-refractivity contribution in [3.63, 3.8) is 0 Å². The predicted octanol–water partition coefficient (Wildman–Crippen LogP) is 2.92. The van der Waals surface area contributed by atoms with Crippen molar-refractivity contribution in [1.82, 2.24) is 9.78 Å². The smallest absolute Gasteiger partial charge is 0.0847 e. The van der Waals surface area contributed by atoms with Gasteiger partial charge >= 0.3 is 0 Å². The summed E-state index contributed by atoms with van der Waals surface area (Å²) in [5.74, 6) is 0.678. The first kappa shape index (κ1) is 12.9. The number of rotatable bonds is 3. The topological polar surface area (TPSA) is 43.8 Å². The fraction of sp³-hybridized carbons (Fsp3) is 0.769. The van der Waals surface area contributed by atoms with Crippen molar-refractivity contribution in [3.05, 3.63) is 16.4 Å². The van der Waals surface area contributed by atoms with Gasteiger partial charge in [0, 0.05) is 12.6 Å². The molecule has 1 aliphatic carbocycles. The summed E-state index contributed by atoms with van der Waals surface area (Å²) in [7, 11) is 0. The van der Waals surface area contributed by atoms with Gasteiger partial charge in [0.05, 0.1) is 16.4 Å². The van der Waals surface area contributed by atoms with Gasteiger partial charge in [-0.1, -0.05) is 18.0 Å². The van der Waals surface area contributed by atoms with Gasteiger partial charge < -0.3 is 5.73 Å². The summed E-state index contributed by atoms with van der Waals surface area (Å²) in [5, 5.41) is 5.32. The van der Waals surface area contributed by atoms with Crippen LogP contribution >= 0.6 is 11.6 Å². The Kier molecular flexibility index (Phi) is 4.10. The third-order valence-electron chi connectivity index (χ3n) is 3.76. The Morgan fingerprint density at radius 1 is 1.47 bits per heavy atom. The normalized spacial score (nSPS) is 25.2. The van der Waals surface area contributed by atoms with Gasteiger partial charge in [0.25, 0.3) is 0 Å². The zero-order valence-corrected chi connectivity index (χ0v) is 11.5. The van der Waals surface area contributed by atoms with Crippen molar-refractivity contribution >= 4 is 11.6 Å². The van der Waals surface area contributed by atoms with Gasteiger partial charge in [-0.05, 0) is 45.4 Å². The van der Waals surface area contributed by atoms with E-state index in [-0.39, 0.29) is 0 Å². The van der Waals surface area contributed by atoms with Crippen molar-refractivity contribution in [2.75, 3.05) is 0 Å². The number of halogens is 1. The molecule has 1 aliphatic rings. The molecule has 2 atom stereocenters. The van der Waals surface area contributed by atoms with Crippen LogP contribution in [-0.2, 0) is 13.0 Å². The molecule has 1 saturated carbocycles. The van der Waals surface area contributed by atoms with Crippen molar-refractivity contribution in [1.29, 1.82) is 0 Å². The molecule has 0 aliphatic heterocycles. The minimum Gasteiger partial charge on any atom is -0.328 e. The summed E-state index contributed by atoms with van der Waals surface area (Å²) in [4.78, 5) is 0. The van der Waals surface area contributed by atoms with Gasteiger partial charge in [0.2, 0.25) is 0 Å². The summed E-state index contributed by atoms with van der Waals surface area (Å²) < 4.78 is 2.04. The van der Waals surface area contributed by atoms with Crippen molar-refractivity contribution in [2.24, 2.45) is 11.7 Å². The van der Waals surface area contributed by atoms with Crippen LogP contribution < -0.4 is 5.73 Å². The van der Waals surface area contributed by atoms with Crippen LogP contribution in [0.3, 0.4) is 0 Å². The summed E-state index contributed by atoms with van der Waals surface area (Å²) in [6.07, 6.45) is 5.86. The molecule has 17 heavy (non-hydrogen) atoms. The molecule has 0 aromatic carbocycles. The highest BCUT2D eigenvalue weighted by atomic mass is 35.5. The van der Waals surface area contributed by atoms with Gasteiger partial charge in [-0.15, -0.1) is 0 Å². The Morgan fingerprint density at radius 3 is 2.88 bits per heavy atom. The third kappa shape index (κ3) is 2.83. The molecule has 2 unspecified atom stereocenters. The minimum atomic E-state index is 0.381. The Balaban J connectivity index is 2.12. The van der Waals surface area contributed by atoms with Crippen LogP contribution in [0.1, 0.15) is 44.0 Å². The molecule has 1 aromatic rings. The average molecular weight is 256 g/mol. The second-order valence-electron chi connectivity index (χ2n) is 5.16. The molecule has 1 aromatic heterocycles. The Bertz CT molecular complexity index is 386. The van der Waals surface area contributed by atoms with Crippen LogP contribution in [0.25, 0.3) is 0 Å². The summed E-state index contributed by atoms with van der Waals surface area (Å²) in [6.45, 7) is 4.98. The molecule has 2 N–H and O–H groups in total. The molecule has 0 saturated heterocycles. The lowest BCUT2D eigenvalue weighted by atomic mass is 9.83. The van der Waals surface area contributed by atoms with Crippen LogP contribution in [0.5, 0.6) is 0 Å². The lowest BCUT2D eigenvalue weighted by Crippen LogP contribution is -2.29. The number of hydrogen-bond acceptors (Lipinski definition) is 2. The van der Waals surface area contributed by atoms with Gasteiger partial charge in [-0.3, -0.25) is 4.68 Å². The van der Waals surface area contributed by atoms with E-state index < -0.39 is 0 Å². The summed E-state index contributed by atoms with van der Waals surface area (Å²) in [6, 6.07) is 0.381. The lowest BCUT2D eigenvalue weighted by Gasteiger charge is -2.26. The number of aryl methyl sites for hydroxylation is 2. The molecule has 96 valence electrons. The second kappa shape index (κ2) is 5.40. The highest BCUT2D eigenvalue weighted by Gasteiger charge is 2.22. The number of nitrogens with two attached hydrogens (primary N) is 1.